The van der Waals surface area contributed by atoms with Gasteiger partial charge in [0.15, 0.2) is 0 Å². The summed E-state index contributed by atoms with van der Waals surface area (Å²) in [5.74, 6) is 1.13. The zero-order valence-corrected chi connectivity index (χ0v) is 24.5. The number of benzene rings is 2. The molecule has 216 valence electrons. The van der Waals surface area contributed by atoms with Gasteiger partial charge in [-0.15, -0.1) is 0 Å². The molecule has 1 N–H and O–H groups in total. The van der Waals surface area contributed by atoms with Crippen LogP contribution in [0.5, 0.6) is 5.75 Å². The molecule has 1 amide bonds. The van der Waals surface area contributed by atoms with Crippen LogP contribution in [-0.2, 0) is 11.2 Å². The fourth-order valence-electron chi connectivity index (χ4n) is 5.77. The van der Waals surface area contributed by atoms with Crippen LogP contribution in [0.25, 0.3) is 11.3 Å². The van der Waals surface area contributed by atoms with Gasteiger partial charge in [0.05, 0.1) is 27.8 Å². The quantitative estimate of drug-likeness (QED) is 0.294. The van der Waals surface area contributed by atoms with Gasteiger partial charge in [0, 0.05) is 31.2 Å². The fraction of sp³-hybridized carbons (Fsp3) is 0.438. The molecule has 6 rings (SSSR count). The van der Waals surface area contributed by atoms with Crippen molar-refractivity contribution < 1.29 is 13.9 Å². The highest BCUT2D eigenvalue weighted by Gasteiger charge is 2.31. The van der Waals surface area contributed by atoms with Gasteiger partial charge in [0.1, 0.15) is 17.4 Å². The molecular weight excluding hydrogens is 562 g/mol. The van der Waals surface area contributed by atoms with Crippen molar-refractivity contribution >= 4 is 34.9 Å². The van der Waals surface area contributed by atoms with Gasteiger partial charge in [0.25, 0.3) is 0 Å². The Morgan fingerprint density at radius 2 is 1.78 bits per heavy atom. The zero-order chi connectivity index (χ0) is 28.3. The van der Waals surface area contributed by atoms with Crippen molar-refractivity contribution in [3.05, 3.63) is 76.0 Å². The predicted octanol–water partition coefficient (Wildman–Crippen LogP) is 6.39. The number of halogens is 3. The minimum Gasteiger partial charge on any atom is -0.489 e. The topological polar surface area (TPSA) is 57.7 Å². The summed E-state index contributed by atoms with van der Waals surface area (Å²) < 4.78 is 19.3. The van der Waals surface area contributed by atoms with Crippen molar-refractivity contribution in [2.24, 2.45) is 5.92 Å². The van der Waals surface area contributed by atoms with E-state index in [0.29, 0.717) is 34.8 Å². The third kappa shape index (κ3) is 7.14. The standard InChI is InChI=1S/C32H35Cl2FN4O2/c33-27-10-12-30(37-31(27)22-4-6-24(35)7-5-22)39-16-13-23(19-39)32(40)36-25(20-38-14-1-2-15-38)17-21-3-11-29(28(34)18-21)41-26-8-9-26/h3-7,10-12,18,23,25-26H,1-2,8-9,13-17,19-20H2,(H,36,40)/t23-,25?/m1/s1. The van der Waals surface area contributed by atoms with E-state index in [9.17, 15) is 9.18 Å². The van der Waals surface area contributed by atoms with Crippen molar-refractivity contribution in [2.75, 3.05) is 37.6 Å². The van der Waals surface area contributed by atoms with Gasteiger partial charge in [-0.3, -0.25) is 4.79 Å². The first-order chi connectivity index (χ1) is 19.9. The summed E-state index contributed by atoms with van der Waals surface area (Å²) in [7, 11) is 0. The molecule has 6 nitrogen and oxygen atoms in total. The minimum absolute atomic E-state index is 0.0142. The molecule has 0 radical (unpaired) electrons. The number of likely N-dealkylation sites (tertiary alicyclic amines) is 1. The van der Waals surface area contributed by atoms with E-state index < -0.39 is 0 Å². The van der Waals surface area contributed by atoms with Gasteiger partial charge in [-0.1, -0.05) is 29.3 Å². The van der Waals surface area contributed by atoms with E-state index in [1.807, 2.05) is 24.3 Å². The molecule has 0 bridgehead atoms. The molecule has 3 aromatic rings. The normalized spacial score (nSPS) is 19.9. The molecule has 3 fully saturated rings. The lowest BCUT2D eigenvalue weighted by molar-refractivity contribution is -0.125. The van der Waals surface area contributed by atoms with Crippen molar-refractivity contribution in [3.63, 3.8) is 0 Å². The molecule has 3 heterocycles. The van der Waals surface area contributed by atoms with Crippen LogP contribution in [0.15, 0.2) is 54.6 Å². The summed E-state index contributed by atoms with van der Waals surface area (Å²) in [4.78, 5) is 22.9. The van der Waals surface area contributed by atoms with Crippen LogP contribution in [0.3, 0.4) is 0 Å². The lowest BCUT2D eigenvalue weighted by atomic mass is 10.0. The van der Waals surface area contributed by atoms with E-state index in [-0.39, 0.29) is 23.7 Å². The summed E-state index contributed by atoms with van der Waals surface area (Å²) in [5.41, 5.74) is 2.45. The Labute approximate surface area is 250 Å². The molecule has 2 atom stereocenters. The maximum Gasteiger partial charge on any atom is 0.225 e. The van der Waals surface area contributed by atoms with E-state index >= 15 is 0 Å². The van der Waals surface area contributed by atoms with Crippen molar-refractivity contribution in [1.82, 2.24) is 15.2 Å². The summed E-state index contributed by atoms with van der Waals surface area (Å²) >= 11 is 13.0. The van der Waals surface area contributed by atoms with Crippen LogP contribution in [0.4, 0.5) is 10.2 Å². The first-order valence-electron chi connectivity index (χ1n) is 14.6. The zero-order valence-electron chi connectivity index (χ0n) is 23.0. The average Bonchev–Trinajstić information content (AvgIpc) is 3.39. The third-order valence-electron chi connectivity index (χ3n) is 8.15. The van der Waals surface area contributed by atoms with Crippen LogP contribution < -0.4 is 15.0 Å². The van der Waals surface area contributed by atoms with Gasteiger partial charge in [-0.05, 0) is 106 Å². The van der Waals surface area contributed by atoms with Gasteiger partial charge in [-0.25, -0.2) is 9.37 Å². The molecule has 1 aliphatic carbocycles. The summed E-state index contributed by atoms with van der Waals surface area (Å²) in [5, 5.41) is 4.51. The second-order valence-corrected chi connectivity index (χ2v) is 12.3. The lowest BCUT2D eigenvalue weighted by Crippen LogP contribution is -2.46. The number of ether oxygens (including phenoxy) is 1. The Kier molecular flexibility index (Phi) is 8.65. The number of pyridine rings is 1. The number of nitrogens with zero attached hydrogens (tertiary/aromatic N) is 3. The van der Waals surface area contributed by atoms with Gasteiger partial charge in [0.2, 0.25) is 5.91 Å². The number of aromatic nitrogens is 1. The highest BCUT2D eigenvalue weighted by atomic mass is 35.5. The van der Waals surface area contributed by atoms with Crippen molar-refractivity contribution in [3.8, 4) is 17.0 Å². The number of amides is 1. The third-order valence-corrected chi connectivity index (χ3v) is 8.75. The van der Waals surface area contributed by atoms with Crippen molar-refractivity contribution in [2.45, 2.75) is 50.7 Å². The van der Waals surface area contributed by atoms with Crippen LogP contribution in [0.2, 0.25) is 10.0 Å². The Bertz CT molecular complexity index is 1380. The predicted molar refractivity (Wildman–Crippen MR) is 161 cm³/mol. The first-order valence-corrected chi connectivity index (χ1v) is 15.3. The molecule has 2 saturated heterocycles. The van der Waals surface area contributed by atoms with Crippen molar-refractivity contribution in [1.29, 1.82) is 0 Å². The highest BCUT2D eigenvalue weighted by molar-refractivity contribution is 6.33. The van der Waals surface area contributed by atoms with Gasteiger partial charge >= 0.3 is 0 Å². The molecule has 1 aromatic heterocycles. The van der Waals surface area contributed by atoms with Crippen LogP contribution >= 0.6 is 23.2 Å². The largest absolute Gasteiger partial charge is 0.489 e. The Balaban J connectivity index is 1.11. The average molecular weight is 598 g/mol. The number of carbonyl (C=O) groups is 1. The first kappa shape index (κ1) is 28.3. The molecule has 1 saturated carbocycles. The molecule has 3 aliphatic rings. The maximum absolute atomic E-state index is 13.5. The number of rotatable bonds is 10. The molecular formula is C32H35Cl2FN4O2. The van der Waals surface area contributed by atoms with E-state index in [4.69, 9.17) is 32.9 Å². The number of nitrogens with one attached hydrogen (secondary N) is 1. The Morgan fingerprint density at radius 3 is 2.51 bits per heavy atom. The Hall–Kier alpha value is -2.87. The molecule has 2 aliphatic heterocycles. The smallest absolute Gasteiger partial charge is 0.225 e. The van der Waals surface area contributed by atoms with Crippen LogP contribution in [-0.4, -0.2) is 60.7 Å². The number of hydrogen-bond donors (Lipinski definition) is 1. The number of anilines is 1. The van der Waals surface area contributed by atoms with Gasteiger partial charge in [-0.2, -0.15) is 0 Å². The molecule has 0 spiro atoms. The van der Waals surface area contributed by atoms with E-state index in [2.05, 4.69) is 21.2 Å². The van der Waals surface area contributed by atoms with Crippen LogP contribution in [0, 0.1) is 11.7 Å². The molecule has 1 unspecified atom stereocenters. The Morgan fingerprint density at radius 1 is 1.00 bits per heavy atom. The lowest BCUT2D eigenvalue weighted by Gasteiger charge is -2.26. The van der Waals surface area contributed by atoms with E-state index in [1.54, 1.807) is 12.1 Å². The molecule has 9 heteroatoms. The minimum atomic E-state index is -0.305. The molecule has 41 heavy (non-hydrogen) atoms. The summed E-state index contributed by atoms with van der Waals surface area (Å²) in [6.07, 6.45) is 6.33. The SMILES string of the molecule is O=C(NC(Cc1ccc(OC2CC2)c(Cl)c1)CN1CCCC1)[C@@H]1CCN(c2ccc(Cl)c(-c3ccc(F)cc3)n2)C1. The second kappa shape index (κ2) is 12.6. The number of carbonyl (C=O) groups excluding carboxylic acids is 1. The number of hydrogen-bond acceptors (Lipinski definition) is 5. The van der Waals surface area contributed by atoms with Crippen LogP contribution in [0.1, 0.15) is 37.7 Å². The highest BCUT2D eigenvalue weighted by Crippen LogP contribution is 2.33. The van der Waals surface area contributed by atoms with E-state index in [0.717, 1.165) is 68.1 Å². The van der Waals surface area contributed by atoms with Gasteiger partial charge < -0.3 is 19.9 Å². The fourth-order valence-corrected chi connectivity index (χ4v) is 6.24. The summed E-state index contributed by atoms with van der Waals surface area (Å²) in [6, 6.07) is 15.8. The monoisotopic (exact) mass is 596 g/mol. The second-order valence-electron chi connectivity index (χ2n) is 11.4. The summed E-state index contributed by atoms with van der Waals surface area (Å²) in [6.45, 7) is 4.26. The maximum atomic E-state index is 13.5. The molecule has 2 aromatic carbocycles. The van der Waals surface area contributed by atoms with E-state index in [1.165, 1.54) is 25.0 Å².